The summed E-state index contributed by atoms with van der Waals surface area (Å²) in [6, 6.07) is 8.53. The summed E-state index contributed by atoms with van der Waals surface area (Å²) in [5.74, 6) is 0. The van der Waals surface area contributed by atoms with Gasteiger partial charge in [0.05, 0.1) is 12.6 Å². The summed E-state index contributed by atoms with van der Waals surface area (Å²) in [6.45, 7) is 6.61. The first-order chi connectivity index (χ1) is 11.2. The van der Waals surface area contributed by atoms with Gasteiger partial charge in [0.2, 0.25) is 0 Å². The van der Waals surface area contributed by atoms with Crippen LogP contribution >= 0.6 is 0 Å². The number of aliphatic hydroxyl groups excluding tert-OH is 1. The normalized spacial score (nSPS) is 17.2. The van der Waals surface area contributed by atoms with Crippen LogP contribution in [-0.4, -0.2) is 46.9 Å². The van der Waals surface area contributed by atoms with Gasteiger partial charge < -0.3 is 20.3 Å². The predicted molar refractivity (Wildman–Crippen MR) is 95.7 cm³/mol. The summed E-state index contributed by atoms with van der Waals surface area (Å²) in [6.07, 6.45) is 4.23. The predicted octanol–water partition coefficient (Wildman–Crippen LogP) is 2.30. The van der Waals surface area contributed by atoms with Gasteiger partial charge in [-0.3, -0.25) is 0 Å². The van der Waals surface area contributed by atoms with Gasteiger partial charge in [-0.2, -0.15) is 0 Å². The van der Waals surface area contributed by atoms with Crippen molar-refractivity contribution >= 4 is 10.9 Å². The molecule has 0 amide bonds. The summed E-state index contributed by atoms with van der Waals surface area (Å²) in [7, 11) is 0. The maximum atomic E-state index is 10.5. The van der Waals surface area contributed by atoms with Crippen molar-refractivity contribution in [1.82, 2.24) is 9.47 Å². The van der Waals surface area contributed by atoms with Crippen LogP contribution in [0.3, 0.4) is 0 Å². The van der Waals surface area contributed by atoms with Gasteiger partial charge in [0.25, 0.3) is 0 Å². The lowest BCUT2D eigenvalue weighted by Gasteiger charge is -2.21. The molecule has 0 radical (unpaired) electrons. The first-order valence-electron chi connectivity index (χ1n) is 8.88. The summed E-state index contributed by atoms with van der Waals surface area (Å²) in [5.41, 5.74) is 9.60. The number of para-hydroxylation sites is 1. The zero-order valence-electron chi connectivity index (χ0n) is 14.2. The number of benzene rings is 1. The molecule has 0 bridgehead atoms. The van der Waals surface area contributed by atoms with E-state index in [0.29, 0.717) is 6.54 Å². The van der Waals surface area contributed by atoms with E-state index in [2.05, 4.69) is 40.7 Å². The van der Waals surface area contributed by atoms with Crippen LogP contribution in [0.1, 0.15) is 30.5 Å². The lowest BCUT2D eigenvalue weighted by molar-refractivity contribution is 0.110. The molecule has 23 heavy (non-hydrogen) atoms. The summed E-state index contributed by atoms with van der Waals surface area (Å²) in [5, 5.41) is 11.9. The van der Waals surface area contributed by atoms with E-state index in [1.54, 1.807) is 0 Å². The number of hydrogen-bond donors (Lipinski definition) is 2. The molecule has 0 aliphatic carbocycles. The average molecular weight is 315 g/mol. The zero-order chi connectivity index (χ0) is 16.2. The van der Waals surface area contributed by atoms with E-state index < -0.39 is 0 Å². The van der Waals surface area contributed by atoms with Crippen LogP contribution in [0.5, 0.6) is 0 Å². The van der Waals surface area contributed by atoms with Gasteiger partial charge in [-0.15, -0.1) is 0 Å². The van der Waals surface area contributed by atoms with Gasteiger partial charge in [-0.25, -0.2) is 0 Å². The van der Waals surface area contributed by atoms with Gasteiger partial charge in [0.15, 0.2) is 0 Å². The highest BCUT2D eigenvalue weighted by Gasteiger charge is 2.19. The SMILES string of the molecule is Cc1c(CCCN)c2ccccc2n1CC(O)CN1CCCC1. The smallest absolute Gasteiger partial charge is 0.0845 e. The number of likely N-dealkylation sites (tertiary alicyclic amines) is 1. The Bertz CT molecular complexity index is 643. The molecule has 2 aromatic rings. The van der Waals surface area contributed by atoms with Gasteiger partial charge >= 0.3 is 0 Å². The summed E-state index contributed by atoms with van der Waals surface area (Å²) >= 11 is 0. The van der Waals surface area contributed by atoms with Crippen molar-refractivity contribution in [3.05, 3.63) is 35.5 Å². The Morgan fingerprint density at radius 2 is 1.91 bits per heavy atom. The second-order valence-corrected chi connectivity index (χ2v) is 6.75. The molecule has 1 saturated heterocycles. The Kier molecular flexibility index (Phi) is 5.36. The first kappa shape index (κ1) is 16.5. The van der Waals surface area contributed by atoms with E-state index in [4.69, 9.17) is 5.73 Å². The third kappa shape index (κ3) is 3.60. The molecule has 3 N–H and O–H groups in total. The van der Waals surface area contributed by atoms with E-state index in [0.717, 1.165) is 39.0 Å². The fourth-order valence-corrected chi connectivity index (χ4v) is 3.86. The van der Waals surface area contributed by atoms with Crippen molar-refractivity contribution in [2.75, 3.05) is 26.2 Å². The van der Waals surface area contributed by atoms with Crippen LogP contribution in [0.25, 0.3) is 10.9 Å². The van der Waals surface area contributed by atoms with Crippen LogP contribution < -0.4 is 5.73 Å². The number of aromatic nitrogens is 1. The molecular formula is C19H29N3O. The molecule has 1 aliphatic rings. The van der Waals surface area contributed by atoms with Crippen molar-refractivity contribution in [3.8, 4) is 0 Å². The Hall–Kier alpha value is -1.36. The zero-order valence-corrected chi connectivity index (χ0v) is 14.2. The molecule has 4 heteroatoms. The second-order valence-electron chi connectivity index (χ2n) is 6.75. The lowest BCUT2D eigenvalue weighted by atomic mass is 10.1. The number of hydrogen-bond acceptors (Lipinski definition) is 3. The lowest BCUT2D eigenvalue weighted by Crippen LogP contribution is -2.32. The minimum atomic E-state index is -0.315. The van der Waals surface area contributed by atoms with Crippen molar-refractivity contribution in [3.63, 3.8) is 0 Å². The van der Waals surface area contributed by atoms with E-state index in [1.165, 1.54) is 35.0 Å². The number of nitrogens with zero attached hydrogens (tertiary/aromatic N) is 2. The van der Waals surface area contributed by atoms with Crippen molar-refractivity contribution in [2.24, 2.45) is 5.73 Å². The highest BCUT2D eigenvalue weighted by Crippen LogP contribution is 2.27. The van der Waals surface area contributed by atoms with E-state index in [1.807, 2.05) is 0 Å². The van der Waals surface area contributed by atoms with Crippen LogP contribution in [0.4, 0.5) is 0 Å². The average Bonchev–Trinajstić information content (AvgIpc) is 3.14. The molecule has 1 atom stereocenters. The molecule has 0 spiro atoms. The van der Waals surface area contributed by atoms with Crippen LogP contribution in [0, 0.1) is 6.92 Å². The topological polar surface area (TPSA) is 54.4 Å². The molecule has 1 fully saturated rings. The second kappa shape index (κ2) is 7.47. The van der Waals surface area contributed by atoms with Gasteiger partial charge in [-0.05, 0) is 63.9 Å². The number of nitrogens with two attached hydrogens (primary N) is 1. The van der Waals surface area contributed by atoms with Gasteiger partial charge in [0.1, 0.15) is 0 Å². The third-order valence-electron chi connectivity index (χ3n) is 5.05. The van der Waals surface area contributed by atoms with Gasteiger partial charge in [-0.1, -0.05) is 18.2 Å². The number of rotatable bonds is 7. The molecule has 1 aliphatic heterocycles. The highest BCUT2D eigenvalue weighted by molar-refractivity contribution is 5.85. The van der Waals surface area contributed by atoms with Gasteiger partial charge in [0, 0.05) is 23.1 Å². The Labute approximate surface area is 138 Å². The van der Waals surface area contributed by atoms with Crippen molar-refractivity contribution in [2.45, 2.75) is 45.3 Å². The number of β-amino-alcohol motifs (C(OH)–C–C–N with tert-alkyl or cyclic N) is 1. The van der Waals surface area contributed by atoms with Crippen LogP contribution in [-0.2, 0) is 13.0 Å². The number of aryl methyl sites for hydroxylation is 1. The molecule has 3 rings (SSSR count). The summed E-state index contributed by atoms with van der Waals surface area (Å²) in [4.78, 5) is 2.38. The standard InChI is InChI=1S/C19H29N3O/c1-15-17(8-6-10-20)18-7-2-3-9-19(18)22(15)14-16(23)13-21-11-4-5-12-21/h2-3,7,9,16,23H,4-6,8,10-14,20H2,1H3. The molecule has 1 aromatic carbocycles. The third-order valence-corrected chi connectivity index (χ3v) is 5.05. The molecule has 1 aromatic heterocycles. The molecule has 1 unspecified atom stereocenters. The molecule has 0 saturated carbocycles. The van der Waals surface area contributed by atoms with Crippen molar-refractivity contribution in [1.29, 1.82) is 0 Å². The maximum Gasteiger partial charge on any atom is 0.0845 e. The fraction of sp³-hybridized carbons (Fsp3) is 0.579. The fourth-order valence-electron chi connectivity index (χ4n) is 3.86. The van der Waals surface area contributed by atoms with E-state index in [9.17, 15) is 5.11 Å². The number of fused-ring (bicyclic) bond motifs is 1. The number of aliphatic hydroxyl groups is 1. The van der Waals surface area contributed by atoms with E-state index in [-0.39, 0.29) is 6.10 Å². The highest BCUT2D eigenvalue weighted by atomic mass is 16.3. The monoisotopic (exact) mass is 315 g/mol. The summed E-state index contributed by atoms with van der Waals surface area (Å²) < 4.78 is 2.29. The Balaban J connectivity index is 1.82. The molecule has 4 nitrogen and oxygen atoms in total. The van der Waals surface area contributed by atoms with Crippen molar-refractivity contribution < 1.29 is 5.11 Å². The molecule has 2 heterocycles. The molecule has 126 valence electrons. The van der Waals surface area contributed by atoms with Crippen LogP contribution in [0.15, 0.2) is 24.3 Å². The minimum Gasteiger partial charge on any atom is -0.390 e. The van der Waals surface area contributed by atoms with Crippen LogP contribution in [0.2, 0.25) is 0 Å². The first-order valence-corrected chi connectivity index (χ1v) is 8.88. The molecular weight excluding hydrogens is 286 g/mol. The minimum absolute atomic E-state index is 0.315. The Morgan fingerprint density at radius 1 is 1.17 bits per heavy atom. The quantitative estimate of drug-likeness (QED) is 0.824. The largest absolute Gasteiger partial charge is 0.390 e. The van der Waals surface area contributed by atoms with E-state index >= 15 is 0 Å². The Morgan fingerprint density at radius 3 is 2.65 bits per heavy atom. The maximum absolute atomic E-state index is 10.5.